The summed E-state index contributed by atoms with van der Waals surface area (Å²) in [5.74, 6) is -0.887. The topological polar surface area (TPSA) is 75.3 Å². The van der Waals surface area contributed by atoms with E-state index in [9.17, 15) is 4.79 Å². The molecule has 0 aliphatic rings. The molecule has 0 aliphatic heterocycles. The van der Waals surface area contributed by atoms with Crippen LogP contribution >= 0.6 is 0 Å². The lowest BCUT2D eigenvalue weighted by Crippen LogP contribution is -2.13. The number of carbonyl (C=O) groups is 1. The number of aliphatic carboxylic acids is 1. The monoisotopic (exact) mass is 180 g/mol. The van der Waals surface area contributed by atoms with Gasteiger partial charge in [0.25, 0.3) is 0 Å². The molecule has 4 heteroatoms. The third-order valence-electron chi connectivity index (χ3n) is 1.81. The van der Waals surface area contributed by atoms with Crippen molar-refractivity contribution in [1.82, 2.24) is 0 Å². The Labute approximate surface area is 76.4 Å². The van der Waals surface area contributed by atoms with Crippen molar-refractivity contribution in [3.05, 3.63) is 23.8 Å². The highest BCUT2D eigenvalue weighted by molar-refractivity contribution is 5.74. The smallest absolute Gasteiger partial charge is 0.322 e. The number of rotatable bonds is 3. The number of nitrogen functional groups attached to an aromatic ring is 1. The summed E-state index contributed by atoms with van der Waals surface area (Å²) in [7, 11) is 0. The maximum Gasteiger partial charge on any atom is 0.322 e. The molecule has 0 aromatic heterocycles. The van der Waals surface area contributed by atoms with Crippen molar-refractivity contribution in [3.63, 3.8) is 0 Å². The van der Waals surface area contributed by atoms with Crippen LogP contribution in [0.4, 0.5) is 11.4 Å². The highest BCUT2D eigenvalue weighted by Crippen LogP contribution is 2.19. The lowest BCUT2D eigenvalue weighted by Gasteiger charge is -2.08. The molecular formula is C9H12N2O2. The second-order valence-corrected chi connectivity index (χ2v) is 2.77. The van der Waals surface area contributed by atoms with Crippen LogP contribution < -0.4 is 11.1 Å². The van der Waals surface area contributed by atoms with Gasteiger partial charge in [-0.1, -0.05) is 6.07 Å². The molecule has 0 radical (unpaired) electrons. The predicted octanol–water partition coefficient (Wildman–Crippen LogP) is 1.07. The van der Waals surface area contributed by atoms with Gasteiger partial charge in [-0.3, -0.25) is 4.79 Å². The molecular weight excluding hydrogens is 168 g/mol. The van der Waals surface area contributed by atoms with Crippen LogP contribution in [0.2, 0.25) is 0 Å². The Morgan fingerprint density at radius 1 is 1.62 bits per heavy atom. The van der Waals surface area contributed by atoms with E-state index in [1.807, 2.05) is 6.92 Å². The van der Waals surface area contributed by atoms with Gasteiger partial charge in [-0.15, -0.1) is 0 Å². The summed E-state index contributed by atoms with van der Waals surface area (Å²) >= 11 is 0. The maximum atomic E-state index is 10.3. The van der Waals surface area contributed by atoms with Crippen LogP contribution in [-0.2, 0) is 4.79 Å². The molecule has 4 N–H and O–H groups in total. The lowest BCUT2D eigenvalue weighted by molar-refractivity contribution is -0.134. The zero-order valence-electron chi connectivity index (χ0n) is 7.37. The van der Waals surface area contributed by atoms with Crippen molar-refractivity contribution < 1.29 is 9.90 Å². The molecule has 0 atom stereocenters. The molecule has 0 amide bonds. The SMILES string of the molecule is Cc1c(N)cccc1NCC(=O)O. The first-order valence-corrected chi connectivity index (χ1v) is 3.92. The van der Waals surface area contributed by atoms with Crippen molar-refractivity contribution >= 4 is 17.3 Å². The number of benzene rings is 1. The van der Waals surface area contributed by atoms with E-state index in [-0.39, 0.29) is 6.54 Å². The molecule has 0 bridgehead atoms. The van der Waals surface area contributed by atoms with Gasteiger partial charge in [0.05, 0.1) is 0 Å². The van der Waals surface area contributed by atoms with Crippen LogP contribution in [0.5, 0.6) is 0 Å². The number of carboxylic acid groups (broad SMARTS) is 1. The summed E-state index contributed by atoms with van der Waals surface area (Å²) < 4.78 is 0. The zero-order valence-corrected chi connectivity index (χ0v) is 7.37. The van der Waals surface area contributed by atoms with Crippen LogP contribution in [-0.4, -0.2) is 17.6 Å². The Morgan fingerprint density at radius 2 is 2.31 bits per heavy atom. The zero-order chi connectivity index (χ0) is 9.84. The van der Waals surface area contributed by atoms with Gasteiger partial charge in [-0.2, -0.15) is 0 Å². The third kappa shape index (κ3) is 2.37. The average Bonchev–Trinajstić information content (AvgIpc) is 2.07. The van der Waals surface area contributed by atoms with E-state index in [4.69, 9.17) is 10.8 Å². The van der Waals surface area contributed by atoms with Crippen LogP contribution in [0.3, 0.4) is 0 Å². The van der Waals surface area contributed by atoms with Gasteiger partial charge in [0.2, 0.25) is 0 Å². The number of carboxylic acids is 1. The standard InChI is InChI=1S/C9H12N2O2/c1-6-7(10)3-2-4-8(6)11-5-9(12)13/h2-4,11H,5,10H2,1H3,(H,12,13). The minimum absolute atomic E-state index is 0.0930. The van der Waals surface area contributed by atoms with E-state index in [1.165, 1.54) is 0 Å². The molecule has 1 aromatic rings. The maximum absolute atomic E-state index is 10.3. The molecule has 13 heavy (non-hydrogen) atoms. The van der Waals surface area contributed by atoms with Crippen molar-refractivity contribution in [2.75, 3.05) is 17.6 Å². The summed E-state index contributed by atoms with van der Waals surface area (Å²) in [4.78, 5) is 10.3. The Hall–Kier alpha value is -1.71. The van der Waals surface area contributed by atoms with Crippen molar-refractivity contribution in [3.8, 4) is 0 Å². The van der Waals surface area contributed by atoms with E-state index >= 15 is 0 Å². The highest BCUT2D eigenvalue weighted by atomic mass is 16.4. The Bertz CT molecular complexity index is 323. The van der Waals surface area contributed by atoms with Gasteiger partial charge < -0.3 is 16.2 Å². The first kappa shape index (κ1) is 9.38. The summed E-state index contributed by atoms with van der Waals surface area (Å²) in [6.45, 7) is 1.75. The Morgan fingerprint density at radius 3 is 2.92 bits per heavy atom. The molecule has 1 rings (SSSR count). The average molecular weight is 180 g/mol. The quantitative estimate of drug-likeness (QED) is 0.608. The number of hydrogen-bond acceptors (Lipinski definition) is 3. The van der Waals surface area contributed by atoms with Crippen molar-refractivity contribution in [2.45, 2.75) is 6.92 Å². The van der Waals surface area contributed by atoms with Gasteiger partial charge in [0, 0.05) is 11.4 Å². The van der Waals surface area contributed by atoms with Gasteiger partial charge in [0.15, 0.2) is 0 Å². The van der Waals surface area contributed by atoms with Crippen LogP contribution in [0, 0.1) is 6.92 Å². The summed E-state index contributed by atoms with van der Waals surface area (Å²) in [5, 5.41) is 11.2. The molecule has 0 unspecified atom stereocenters. The van der Waals surface area contributed by atoms with Crippen LogP contribution in [0.15, 0.2) is 18.2 Å². The van der Waals surface area contributed by atoms with Crippen LogP contribution in [0.25, 0.3) is 0 Å². The van der Waals surface area contributed by atoms with Crippen molar-refractivity contribution in [1.29, 1.82) is 0 Å². The van der Waals surface area contributed by atoms with E-state index in [0.29, 0.717) is 5.69 Å². The van der Waals surface area contributed by atoms with Crippen LogP contribution in [0.1, 0.15) is 5.56 Å². The first-order chi connectivity index (χ1) is 6.11. The molecule has 4 nitrogen and oxygen atoms in total. The summed E-state index contributed by atoms with van der Waals surface area (Å²) in [6, 6.07) is 5.36. The minimum atomic E-state index is -0.887. The Kier molecular flexibility index (Phi) is 2.74. The molecule has 0 saturated carbocycles. The fraction of sp³-hybridized carbons (Fsp3) is 0.222. The lowest BCUT2D eigenvalue weighted by atomic mass is 10.1. The normalized spacial score (nSPS) is 9.62. The minimum Gasteiger partial charge on any atom is -0.480 e. The second-order valence-electron chi connectivity index (χ2n) is 2.77. The molecule has 0 heterocycles. The van der Waals surface area contributed by atoms with Crippen molar-refractivity contribution in [2.24, 2.45) is 0 Å². The molecule has 0 aliphatic carbocycles. The number of hydrogen-bond donors (Lipinski definition) is 3. The van der Waals surface area contributed by atoms with Gasteiger partial charge in [-0.05, 0) is 24.6 Å². The summed E-state index contributed by atoms with van der Waals surface area (Å²) in [5.41, 5.74) is 7.95. The molecule has 0 saturated heterocycles. The predicted molar refractivity (Wildman–Crippen MR) is 51.7 cm³/mol. The van der Waals surface area contributed by atoms with E-state index in [1.54, 1.807) is 18.2 Å². The van der Waals surface area contributed by atoms with E-state index < -0.39 is 5.97 Å². The number of anilines is 2. The third-order valence-corrected chi connectivity index (χ3v) is 1.81. The van der Waals surface area contributed by atoms with E-state index in [2.05, 4.69) is 5.32 Å². The second kappa shape index (κ2) is 3.80. The highest BCUT2D eigenvalue weighted by Gasteiger charge is 2.01. The molecule has 0 spiro atoms. The fourth-order valence-electron chi connectivity index (χ4n) is 1.02. The number of nitrogens with one attached hydrogen (secondary N) is 1. The van der Waals surface area contributed by atoms with Gasteiger partial charge in [0.1, 0.15) is 6.54 Å². The molecule has 70 valence electrons. The Balaban J connectivity index is 2.77. The first-order valence-electron chi connectivity index (χ1n) is 3.92. The largest absolute Gasteiger partial charge is 0.480 e. The molecule has 1 aromatic carbocycles. The fourth-order valence-corrected chi connectivity index (χ4v) is 1.02. The van der Waals surface area contributed by atoms with E-state index in [0.717, 1.165) is 11.3 Å². The number of nitrogens with two attached hydrogens (primary N) is 1. The summed E-state index contributed by atoms with van der Waals surface area (Å²) in [6.07, 6.45) is 0. The molecule has 0 fully saturated rings. The van der Waals surface area contributed by atoms with Gasteiger partial charge >= 0.3 is 5.97 Å². The van der Waals surface area contributed by atoms with Gasteiger partial charge in [-0.25, -0.2) is 0 Å².